The third-order valence-corrected chi connectivity index (χ3v) is 8.89. The number of ether oxygens (including phenoxy) is 1. The number of benzene rings is 3. The van der Waals surface area contributed by atoms with Crippen LogP contribution in [0.5, 0.6) is 0 Å². The van der Waals surface area contributed by atoms with Crippen molar-refractivity contribution < 1.29 is 24.2 Å². The third kappa shape index (κ3) is 5.44. The lowest BCUT2D eigenvalue weighted by Gasteiger charge is -2.35. The minimum absolute atomic E-state index is 0.0526. The van der Waals surface area contributed by atoms with Gasteiger partial charge in [-0.05, 0) is 53.0 Å². The number of likely N-dealkylation sites (tertiary alicyclic amines) is 1. The molecule has 2 amide bonds. The van der Waals surface area contributed by atoms with Gasteiger partial charge in [-0.25, -0.2) is 9.59 Å². The SMILES string of the molecule is O=C(NC(C(=O)NC1(C(=O)O)CCN(Cc2ccccc2)C1)C1CCC1)OCC1c2ccccc2-c2ccccc21. The Kier molecular flexibility index (Phi) is 7.49. The lowest BCUT2D eigenvalue weighted by Crippen LogP contribution is -2.62. The molecule has 2 aliphatic carbocycles. The molecule has 0 bridgehead atoms. The monoisotopic (exact) mass is 553 g/mol. The summed E-state index contributed by atoms with van der Waals surface area (Å²) in [7, 11) is 0. The van der Waals surface area contributed by atoms with Crippen molar-refractivity contribution in [2.45, 2.75) is 49.7 Å². The topological polar surface area (TPSA) is 108 Å². The van der Waals surface area contributed by atoms with Gasteiger partial charge in [0.05, 0.1) is 0 Å². The molecule has 8 heteroatoms. The largest absolute Gasteiger partial charge is 0.479 e. The van der Waals surface area contributed by atoms with Crippen LogP contribution in [-0.4, -0.2) is 59.3 Å². The van der Waals surface area contributed by atoms with Crippen LogP contribution in [0.25, 0.3) is 11.1 Å². The fourth-order valence-electron chi connectivity index (χ4n) is 6.45. The molecule has 1 heterocycles. The first-order valence-corrected chi connectivity index (χ1v) is 14.4. The number of nitrogens with one attached hydrogen (secondary N) is 2. The van der Waals surface area contributed by atoms with Gasteiger partial charge in [-0.1, -0.05) is 85.3 Å². The highest BCUT2D eigenvalue weighted by atomic mass is 16.5. The average Bonchev–Trinajstić information content (AvgIpc) is 3.50. The maximum absolute atomic E-state index is 13.6. The summed E-state index contributed by atoms with van der Waals surface area (Å²) in [6.07, 6.45) is 2.18. The van der Waals surface area contributed by atoms with E-state index in [-0.39, 0.29) is 25.0 Å². The van der Waals surface area contributed by atoms with E-state index in [1.807, 2.05) is 59.5 Å². The summed E-state index contributed by atoms with van der Waals surface area (Å²) in [5.74, 6) is -1.67. The Morgan fingerprint density at radius 2 is 1.56 bits per heavy atom. The van der Waals surface area contributed by atoms with Crippen molar-refractivity contribution in [1.82, 2.24) is 15.5 Å². The Morgan fingerprint density at radius 3 is 2.17 bits per heavy atom. The van der Waals surface area contributed by atoms with Crippen LogP contribution in [-0.2, 0) is 20.9 Å². The van der Waals surface area contributed by atoms with Crippen LogP contribution in [0.4, 0.5) is 4.79 Å². The summed E-state index contributed by atoms with van der Waals surface area (Å²) >= 11 is 0. The highest BCUT2D eigenvalue weighted by Crippen LogP contribution is 2.44. The fourth-order valence-corrected chi connectivity index (χ4v) is 6.45. The van der Waals surface area contributed by atoms with Crippen LogP contribution >= 0.6 is 0 Å². The summed E-state index contributed by atoms with van der Waals surface area (Å²) in [4.78, 5) is 41.1. The van der Waals surface area contributed by atoms with Crippen molar-refractivity contribution in [3.63, 3.8) is 0 Å². The second-order valence-corrected chi connectivity index (χ2v) is 11.5. The molecule has 0 radical (unpaired) electrons. The van der Waals surface area contributed by atoms with E-state index in [1.54, 1.807) is 0 Å². The number of carboxylic acid groups (broad SMARTS) is 1. The van der Waals surface area contributed by atoms with Gasteiger partial charge in [0.1, 0.15) is 12.6 Å². The first-order valence-electron chi connectivity index (χ1n) is 14.4. The number of aliphatic carboxylic acids is 1. The molecular weight excluding hydrogens is 518 g/mol. The molecule has 2 atom stereocenters. The van der Waals surface area contributed by atoms with Crippen molar-refractivity contribution in [2.24, 2.45) is 5.92 Å². The summed E-state index contributed by atoms with van der Waals surface area (Å²) in [6.45, 7) is 1.50. The minimum Gasteiger partial charge on any atom is -0.479 e. The molecule has 1 saturated carbocycles. The second kappa shape index (κ2) is 11.4. The van der Waals surface area contributed by atoms with E-state index in [0.29, 0.717) is 19.5 Å². The Labute approximate surface area is 239 Å². The van der Waals surface area contributed by atoms with Crippen molar-refractivity contribution in [3.05, 3.63) is 95.6 Å². The smallest absolute Gasteiger partial charge is 0.407 e. The van der Waals surface area contributed by atoms with E-state index in [2.05, 4.69) is 34.9 Å². The predicted octanol–water partition coefficient (Wildman–Crippen LogP) is 4.54. The number of rotatable bonds is 9. The van der Waals surface area contributed by atoms with Crippen LogP contribution < -0.4 is 10.6 Å². The zero-order valence-corrected chi connectivity index (χ0v) is 22.9. The summed E-state index contributed by atoms with van der Waals surface area (Å²) in [5.41, 5.74) is 4.18. The second-order valence-electron chi connectivity index (χ2n) is 11.5. The zero-order valence-electron chi connectivity index (χ0n) is 22.9. The highest BCUT2D eigenvalue weighted by Gasteiger charge is 2.48. The summed E-state index contributed by atoms with van der Waals surface area (Å²) in [5, 5.41) is 15.8. The Bertz CT molecular complexity index is 1390. The average molecular weight is 554 g/mol. The number of alkyl carbamates (subject to hydrolysis) is 1. The third-order valence-electron chi connectivity index (χ3n) is 8.89. The van der Waals surface area contributed by atoms with Crippen LogP contribution in [0.2, 0.25) is 0 Å². The van der Waals surface area contributed by atoms with Gasteiger partial charge >= 0.3 is 12.1 Å². The lowest BCUT2D eigenvalue weighted by atomic mass is 9.79. The molecule has 3 N–H and O–H groups in total. The molecule has 1 saturated heterocycles. The van der Waals surface area contributed by atoms with E-state index in [0.717, 1.165) is 47.1 Å². The molecule has 6 rings (SSSR count). The van der Waals surface area contributed by atoms with Crippen molar-refractivity contribution in [2.75, 3.05) is 19.7 Å². The van der Waals surface area contributed by atoms with Crippen LogP contribution in [0.15, 0.2) is 78.9 Å². The Balaban J connectivity index is 1.11. The first-order chi connectivity index (χ1) is 19.9. The maximum Gasteiger partial charge on any atom is 0.407 e. The van der Waals surface area contributed by atoms with Gasteiger partial charge in [0, 0.05) is 25.6 Å². The quantitative estimate of drug-likeness (QED) is 0.359. The van der Waals surface area contributed by atoms with Gasteiger partial charge in [0.2, 0.25) is 5.91 Å². The zero-order chi connectivity index (χ0) is 28.4. The number of nitrogens with zero attached hydrogens (tertiary/aromatic N) is 1. The molecule has 41 heavy (non-hydrogen) atoms. The normalized spacial score (nSPS) is 20.9. The number of carboxylic acids is 1. The fraction of sp³-hybridized carbons (Fsp3) is 0.364. The van der Waals surface area contributed by atoms with E-state index in [4.69, 9.17) is 4.74 Å². The van der Waals surface area contributed by atoms with Gasteiger partial charge in [0.15, 0.2) is 5.54 Å². The molecule has 3 aromatic carbocycles. The first kappa shape index (κ1) is 27.0. The van der Waals surface area contributed by atoms with Crippen molar-refractivity contribution in [3.8, 4) is 11.1 Å². The van der Waals surface area contributed by atoms with E-state index in [9.17, 15) is 19.5 Å². The number of fused-ring (bicyclic) bond motifs is 3. The minimum atomic E-state index is -1.41. The Morgan fingerprint density at radius 1 is 0.927 bits per heavy atom. The molecule has 2 unspecified atom stereocenters. The molecule has 3 aromatic rings. The van der Waals surface area contributed by atoms with Gasteiger partial charge in [-0.15, -0.1) is 0 Å². The highest BCUT2D eigenvalue weighted by molar-refractivity contribution is 5.92. The van der Waals surface area contributed by atoms with Crippen molar-refractivity contribution in [1.29, 1.82) is 0 Å². The lowest BCUT2D eigenvalue weighted by molar-refractivity contribution is -0.147. The molecule has 8 nitrogen and oxygen atoms in total. The number of hydrogen-bond donors (Lipinski definition) is 3. The van der Waals surface area contributed by atoms with Crippen LogP contribution in [0.1, 0.15) is 48.3 Å². The van der Waals surface area contributed by atoms with Gasteiger partial charge in [-0.2, -0.15) is 0 Å². The number of amides is 2. The molecule has 1 aliphatic heterocycles. The molecule has 0 spiro atoms. The molecule has 212 valence electrons. The maximum atomic E-state index is 13.6. The predicted molar refractivity (Wildman–Crippen MR) is 154 cm³/mol. The Hall–Kier alpha value is -4.17. The standard InChI is InChI=1S/C33H35N3O5/c37-30(35-33(31(38)39)17-18-36(21-33)19-22-9-2-1-3-10-22)29(23-11-8-12-23)34-32(40)41-20-28-26-15-6-4-13-24(26)25-14-5-7-16-27(25)28/h1-7,9-10,13-16,23,28-29H,8,11-12,17-21H2,(H,34,40)(H,35,37)(H,38,39). The van der Waals surface area contributed by atoms with E-state index < -0.39 is 29.6 Å². The number of carbonyl (C=O) groups excluding carboxylic acids is 2. The molecular formula is C33H35N3O5. The van der Waals surface area contributed by atoms with Crippen LogP contribution in [0, 0.1) is 5.92 Å². The molecule has 0 aromatic heterocycles. The van der Waals surface area contributed by atoms with Crippen molar-refractivity contribution >= 4 is 18.0 Å². The molecule has 3 aliphatic rings. The summed E-state index contributed by atoms with van der Waals surface area (Å²) < 4.78 is 5.71. The summed E-state index contributed by atoms with van der Waals surface area (Å²) in [6, 6.07) is 25.2. The van der Waals surface area contributed by atoms with Gasteiger partial charge < -0.3 is 20.5 Å². The van der Waals surface area contributed by atoms with E-state index in [1.165, 1.54) is 0 Å². The van der Waals surface area contributed by atoms with Gasteiger partial charge in [-0.3, -0.25) is 9.69 Å². The van der Waals surface area contributed by atoms with Gasteiger partial charge in [0.25, 0.3) is 0 Å². The number of carbonyl (C=O) groups is 3. The van der Waals surface area contributed by atoms with Crippen LogP contribution in [0.3, 0.4) is 0 Å². The van der Waals surface area contributed by atoms with E-state index >= 15 is 0 Å². The molecule has 2 fully saturated rings. The number of hydrogen-bond acceptors (Lipinski definition) is 5.